The third-order valence-electron chi connectivity index (χ3n) is 2.85. The van der Waals surface area contributed by atoms with Gasteiger partial charge in [0.2, 0.25) is 0 Å². The standard InChI is InChI=1S/C13H15ClN2/c1-8-6-10-4-3-5-11(14)13(10)16-12(8)9(2)7-15/h3-6,9H,7,15H2,1-2H3. The van der Waals surface area contributed by atoms with Gasteiger partial charge in [-0.1, -0.05) is 30.7 Å². The molecule has 0 aliphatic carbocycles. The predicted octanol–water partition coefficient (Wildman–Crippen LogP) is 3.26. The van der Waals surface area contributed by atoms with Gasteiger partial charge in [-0.05, 0) is 24.6 Å². The molecular formula is C13H15ClN2. The Bertz CT molecular complexity index is 523. The number of hydrogen-bond acceptors (Lipinski definition) is 2. The minimum atomic E-state index is 0.265. The number of pyridine rings is 1. The number of rotatable bonds is 2. The van der Waals surface area contributed by atoms with E-state index in [1.165, 1.54) is 5.56 Å². The van der Waals surface area contributed by atoms with Crippen LogP contribution in [0.4, 0.5) is 0 Å². The van der Waals surface area contributed by atoms with Crippen LogP contribution in [-0.2, 0) is 0 Å². The monoisotopic (exact) mass is 234 g/mol. The van der Waals surface area contributed by atoms with Gasteiger partial charge in [-0.25, -0.2) is 0 Å². The Kier molecular flexibility index (Phi) is 3.13. The summed E-state index contributed by atoms with van der Waals surface area (Å²) in [5.74, 6) is 0.265. The van der Waals surface area contributed by atoms with E-state index in [1.807, 2.05) is 18.2 Å². The summed E-state index contributed by atoms with van der Waals surface area (Å²) in [7, 11) is 0. The summed E-state index contributed by atoms with van der Waals surface area (Å²) < 4.78 is 0. The molecule has 1 aromatic heterocycles. The third kappa shape index (κ3) is 1.91. The molecule has 0 spiro atoms. The molecule has 0 amide bonds. The molecule has 0 saturated carbocycles. The zero-order chi connectivity index (χ0) is 11.7. The minimum absolute atomic E-state index is 0.265. The molecule has 3 heteroatoms. The van der Waals surface area contributed by atoms with Gasteiger partial charge in [-0.15, -0.1) is 0 Å². The summed E-state index contributed by atoms with van der Waals surface area (Å²) in [6.07, 6.45) is 0. The topological polar surface area (TPSA) is 38.9 Å². The van der Waals surface area contributed by atoms with Gasteiger partial charge in [-0.3, -0.25) is 4.98 Å². The van der Waals surface area contributed by atoms with E-state index in [9.17, 15) is 0 Å². The second-order valence-corrected chi connectivity index (χ2v) is 4.55. The van der Waals surface area contributed by atoms with Crippen LogP contribution >= 0.6 is 11.6 Å². The lowest BCUT2D eigenvalue weighted by Gasteiger charge is -2.13. The Morgan fingerprint density at radius 3 is 2.88 bits per heavy atom. The zero-order valence-electron chi connectivity index (χ0n) is 9.50. The van der Waals surface area contributed by atoms with E-state index < -0.39 is 0 Å². The van der Waals surface area contributed by atoms with Crippen molar-refractivity contribution in [2.45, 2.75) is 19.8 Å². The molecule has 2 N–H and O–H groups in total. The van der Waals surface area contributed by atoms with Crippen molar-refractivity contribution in [1.82, 2.24) is 4.98 Å². The molecule has 1 heterocycles. The first-order valence-electron chi connectivity index (χ1n) is 5.39. The number of benzene rings is 1. The van der Waals surface area contributed by atoms with Crippen molar-refractivity contribution in [1.29, 1.82) is 0 Å². The third-order valence-corrected chi connectivity index (χ3v) is 3.15. The number of aromatic nitrogens is 1. The molecule has 0 saturated heterocycles. The first-order valence-corrected chi connectivity index (χ1v) is 5.77. The van der Waals surface area contributed by atoms with Crippen LogP contribution in [0.15, 0.2) is 24.3 Å². The summed E-state index contributed by atoms with van der Waals surface area (Å²) >= 11 is 6.14. The van der Waals surface area contributed by atoms with Gasteiger partial charge < -0.3 is 5.73 Å². The molecule has 0 radical (unpaired) electrons. The number of aryl methyl sites for hydroxylation is 1. The largest absolute Gasteiger partial charge is 0.330 e. The molecule has 0 aliphatic rings. The van der Waals surface area contributed by atoms with Crippen LogP contribution in [0, 0.1) is 6.92 Å². The Morgan fingerprint density at radius 1 is 1.44 bits per heavy atom. The summed E-state index contributed by atoms with van der Waals surface area (Å²) in [5.41, 5.74) is 8.77. The van der Waals surface area contributed by atoms with Crippen LogP contribution in [0.2, 0.25) is 5.02 Å². The Morgan fingerprint density at radius 2 is 2.19 bits per heavy atom. The van der Waals surface area contributed by atoms with Crippen molar-refractivity contribution in [2.24, 2.45) is 5.73 Å². The van der Waals surface area contributed by atoms with E-state index in [0.717, 1.165) is 16.6 Å². The highest BCUT2D eigenvalue weighted by Gasteiger charge is 2.11. The molecule has 84 valence electrons. The fourth-order valence-electron chi connectivity index (χ4n) is 1.89. The van der Waals surface area contributed by atoms with Crippen molar-refractivity contribution in [3.05, 3.63) is 40.5 Å². The number of nitrogens with two attached hydrogens (primary N) is 1. The molecule has 16 heavy (non-hydrogen) atoms. The maximum atomic E-state index is 6.14. The van der Waals surface area contributed by atoms with Crippen LogP contribution in [0.1, 0.15) is 24.1 Å². The molecule has 0 aliphatic heterocycles. The SMILES string of the molecule is Cc1cc2cccc(Cl)c2nc1C(C)CN. The molecule has 2 rings (SSSR count). The number of para-hydroxylation sites is 1. The second kappa shape index (κ2) is 4.40. The van der Waals surface area contributed by atoms with Crippen molar-refractivity contribution in [3.63, 3.8) is 0 Å². The molecule has 1 unspecified atom stereocenters. The Labute approximate surface area is 100 Å². The first kappa shape index (κ1) is 11.4. The molecule has 0 bridgehead atoms. The quantitative estimate of drug-likeness (QED) is 0.866. The van der Waals surface area contributed by atoms with E-state index in [0.29, 0.717) is 11.6 Å². The van der Waals surface area contributed by atoms with Crippen molar-refractivity contribution >= 4 is 22.5 Å². The fourth-order valence-corrected chi connectivity index (χ4v) is 2.12. The summed E-state index contributed by atoms with van der Waals surface area (Å²) in [6.45, 7) is 4.75. The zero-order valence-corrected chi connectivity index (χ0v) is 10.3. The first-order chi connectivity index (χ1) is 7.63. The molecule has 2 nitrogen and oxygen atoms in total. The van der Waals surface area contributed by atoms with Gasteiger partial charge in [-0.2, -0.15) is 0 Å². The second-order valence-electron chi connectivity index (χ2n) is 4.14. The van der Waals surface area contributed by atoms with E-state index >= 15 is 0 Å². The average Bonchev–Trinajstić information content (AvgIpc) is 2.28. The Hall–Kier alpha value is -1.12. The van der Waals surface area contributed by atoms with Gasteiger partial charge in [0.25, 0.3) is 0 Å². The van der Waals surface area contributed by atoms with E-state index in [-0.39, 0.29) is 5.92 Å². The lowest BCUT2D eigenvalue weighted by Crippen LogP contribution is -2.12. The van der Waals surface area contributed by atoms with Gasteiger partial charge >= 0.3 is 0 Å². The average molecular weight is 235 g/mol. The molecule has 2 aromatic rings. The lowest BCUT2D eigenvalue weighted by atomic mass is 10.0. The molecule has 1 aromatic carbocycles. The summed E-state index contributed by atoms with van der Waals surface area (Å²) in [5, 5.41) is 1.78. The van der Waals surface area contributed by atoms with Crippen molar-refractivity contribution < 1.29 is 0 Å². The highest BCUT2D eigenvalue weighted by Crippen LogP contribution is 2.26. The lowest BCUT2D eigenvalue weighted by molar-refractivity contribution is 0.743. The number of hydrogen-bond donors (Lipinski definition) is 1. The predicted molar refractivity (Wildman–Crippen MR) is 69.0 cm³/mol. The minimum Gasteiger partial charge on any atom is -0.330 e. The van der Waals surface area contributed by atoms with Gasteiger partial charge in [0, 0.05) is 23.5 Å². The fraction of sp³-hybridized carbons (Fsp3) is 0.308. The van der Waals surface area contributed by atoms with Gasteiger partial charge in [0.15, 0.2) is 0 Å². The number of fused-ring (bicyclic) bond motifs is 1. The molecule has 1 atom stereocenters. The maximum absolute atomic E-state index is 6.14. The van der Waals surface area contributed by atoms with Crippen LogP contribution < -0.4 is 5.73 Å². The van der Waals surface area contributed by atoms with E-state index in [1.54, 1.807) is 0 Å². The van der Waals surface area contributed by atoms with Gasteiger partial charge in [0.05, 0.1) is 10.5 Å². The van der Waals surface area contributed by atoms with Crippen molar-refractivity contribution in [3.8, 4) is 0 Å². The number of nitrogens with zero attached hydrogens (tertiary/aromatic N) is 1. The molecular weight excluding hydrogens is 220 g/mol. The Balaban J connectivity index is 2.69. The summed E-state index contributed by atoms with van der Waals surface area (Å²) in [6, 6.07) is 7.95. The normalized spacial score (nSPS) is 13.0. The van der Waals surface area contributed by atoms with Gasteiger partial charge in [0.1, 0.15) is 0 Å². The number of halogens is 1. The van der Waals surface area contributed by atoms with Crippen LogP contribution in [0.25, 0.3) is 10.9 Å². The van der Waals surface area contributed by atoms with E-state index in [2.05, 4.69) is 24.9 Å². The van der Waals surface area contributed by atoms with Crippen LogP contribution in [0.5, 0.6) is 0 Å². The highest BCUT2D eigenvalue weighted by atomic mass is 35.5. The highest BCUT2D eigenvalue weighted by molar-refractivity contribution is 6.35. The summed E-state index contributed by atoms with van der Waals surface area (Å²) in [4.78, 5) is 4.63. The smallest absolute Gasteiger partial charge is 0.0891 e. The van der Waals surface area contributed by atoms with Crippen molar-refractivity contribution in [2.75, 3.05) is 6.54 Å². The molecule has 0 fully saturated rings. The maximum Gasteiger partial charge on any atom is 0.0891 e. The van der Waals surface area contributed by atoms with Crippen LogP contribution in [-0.4, -0.2) is 11.5 Å². The van der Waals surface area contributed by atoms with Crippen LogP contribution in [0.3, 0.4) is 0 Å². The van der Waals surface area contributed by atoms with E-state index in [4.69, 9.17) is 17.3 Å².